The van der Waals surface area contributed by atoms with Crippen LogP contribution in [-0.4, -0.2) is 6.10 Å². The fourth-order valence-electron chi connectivity index (χ4n) is 2.23. The maximum Gasteiger partial charge on any atom is 0.336 e. The van der Waals surface area contributed by atoms with Gasteiger partial charge in [-0.2, -0.15) is 0 Å². The van der Waals surface area contributed by atoms with Crippen molar-refractivity contribution >= 4 is 11.0 Å². The van der Waals surface area contributed by atoms with E-state index in [1.165, 1.54) is 6.07 Å². The Morgan fingerprint density at radius 2 is 1.65 bits per heavy atom. The lowest BCUT2D eigenvalue weighted by atomic mass is 10.2. The highest BCUT2D eigenvalue weighted by Gasteiger charge is 2.02. The maximum absolute atomic E-state index is 11.3. The highest BCUT2D eigenvalue weighted by Crippen LogP contribution is 2.21. The van der Waals surface area contributed by atoms with Crippen molar-refractivity contribution in [2.45, 2.75) is 26.6 Å². The predicted octanol–water partition coefficient (Wildman–Crippen LogP) is 4.16. The van der Waals surface area contributed by atoms with Crippen LogP contribution in [0.3, 0.4) is 0 Å². The molecule has 1 aromatic heterocycles. The molecule has 0 amide bonds. The van der Waals surface area contributed by atoms with Crippen molar-refractivity contribution in [3.05, 3.63) is 70.6 Å². The van der Waals surface area contributed by atoms with Gasteiger partial charge in [-0.15, -0.1) is 0 Å². The van der Waals surface area contributed by atoms with Gasteiger partial charge >= 0.3 is 5.63 Å². The van der Waals surface area contributed by atoms with Crippen LogP contribution < -0.4 is 15.1 Å². The molecule has 4 heteroatoms. The highest BCUT2D eigenvalue weighted by molar-refractivity contribution is 5.77. The molecule has 0 saturated carbocycles. The Bertz CT molecular complexity index is 847. The quantitative estimate of drug-likeness (QED) is 0.664. The van der Waals surface area contributed by atoms with Crippen LogP contribution in [0.25, 0.3) is 11.0 Å². The van der Waals surface area contributed by atoms with Crippen molar-refractivity contribution in [3.8, 4) is 11.5 Å². The first-order valence-corrected chi connectivity index (χ1v) is 7.52. The second-order valence-corrected chi connectivity index (χ2v) is 5.55. The average molecular weight is 310 g/mol. The van der Waals surface area contributed by atoms with Gasteiger partial charge in [0.15, 0.2) is 0 Å². The molecule has 118 valence electrons. The number of hydrogen-bond acceptors (Lipinski definition) is 4. The molecule has 2 aromatic carbocycles. The van der Waals surface area contributed by atoms with Crippen LogP contribution in [0.5, 0.6) is 11.5 Å². The molecule has 0 fully saturated rings. The minimum Gasteiger partial charge on any atom is -0.491 e. The Labute approximate surface area is 134 Å². The minimum absolute atomic E-state index is 0.157. The standard InChI is InChI=1S/C19H18O4/c1-13(2)22-16-7-3-14(4-8-16)12-21-17-9-5-15-6-10-19(20)23-18(15)11-17/h3-11,13H,12H2,1-2H3. The third-order valence-electron chi connectivity index (χ3n) is 3.30. The second kappa shape index (κ2) is 6.57. The topological polar surface area (TPSA) is 48.7 Å². The van der Waals surface area contributed by atoms with Crippen molar-refractivity contribution in [1.29, 1.82) is 0 Å². The van der Waals surface area contributed by atoms with E-state index in [0.29, 0.717) is 17.9 Å². The highest BCUT2D eigenvalue weighted by atomic mass is 16.5. The Morgan fingerprint density at radius 1 is 0.957 bits per heavy atom. The molecule has 0 atom stereocenters. The molecule has 0 radical (unpaired) electrons. The summed E-state index contributed by atoms with van der Waals surface area (Å²) in [5.74, 6) is 1.51. The molecule has 23 heavy (non-hydrogen) atoms. The molecular weight excluding hydrogens is 292 g/mol. The second-order valence-electron chi connectivity index (χ2n) is 5.55. The van der Waals surface area contributed by atoms with Gasteiger partial charge in [0.05, 0.1) is 6.10 Å². The normalized spacial score (nSPS) is 10.9. The molecule has 4 nitrogen and oxygen atoms in total. The third kappa shape index (κ3) is 3.92. The Balaban J connectivity index is 1.69. The van der Waals surface area contributed by atoms with Gasteiger partial charge in [-0.3, -0.25) is 0 Å². The van der Waals surface area contributed by atoms with Crippen molar-refractivity contribution in [2.75, 3.05) is 0 Å². The van der Waals surface area contributed by atoms with E-state index in [4.69, 9.17) is 13.9 Å². The summed E-state index contributed by atoms with van der Waals surface area (Å²) >= 11 is 0. The van der Waals surface area contributed by atoms with Crippen LogP contribution in [0.2, 0.25) is 0 Å². The molecule has 0 spiro atoms. The monoisotopic (exact) mass is 310 g/mol. The van der Waals surface area contributed by atoms with Gasteiger partial charge in [-0.1, -0.05) is 12.1 Å². The Hall–Kier alpha value is -2.75. The summed E-state index contributed by atoms with van der Waals surface area (Å²) < 4.78 is 16.5. The first-order valence-electron chi connectivity index (χ1n) is 7.52. The largest absolute Gasteiger partial charge is 0.491 e. The number of ether oxygens (including phenoxy) is 2. The summed E-state index contributed by atoms with van der Waals surface area (Å²) in [5.41, 5.74) is 1.20. The fraction of sp³-hybridized carbons (Fsp3) is 0.211. The Morgan fingerprint density at radius 3 is 2.39 bits per heavy atom. The van der Waals surface area contributed by atoms with Crippen molar-refractivity contribution in [1.82, 2.24) is 0 Å². The summed E-state index contributed by atoms with van der Waals surface area (Å²) in [4.78, 5) is 11.3. The lowest BCUT2D eigenvalue weighted by Crippen LogP contribution is -2.05. The molecule has 1 heterocycles. The van der Waals surface area contributed by atoms with Crippen LogP contribution in [0.4, 0.5) is 0 Å². The van der Waals surface area contributed by atoms with E-state index in [9.17, 15) is 4.79 Å². The van der Waals surface area contributed by atoms with E-state index in [1.807, 2.05) is 50.2 Å². The zero-order valence-corrected chi connectivity index (χ0v) is 13.1. The number of hydrogen-bond donors (Lipinski definition) is 0. The summed E-state index contributed by atoms with van der Waals surface area (Å²) in [7, 11) is 0. The van der Waals surface area contributed by atoms with Crippen LogP contribution in [0.15, 0.2) is 63.8 Å². The first-order chi connectivity index (χ1) is 11.1. The predicted molar refractivity (Wildman–Crippen MR) is 89.0 cm³/mol. The molecule has 0 aliphatic heterocycles. The van der Waals surface area contributed by atoms with E-state index in [2.05, 4.69) is 0 Å². The summed E-state index contributed by atoms with van der Waals surface area (Å²) in [5, 5.41) is 0.868. The fourth-order valence-corrected chi connectivity index (χ4v) is 2.23. The summed E-state index contributed by atoms with van der Waals surface area (Å²) in [6, 6.07) is 16.4. The van der Waals surface area contributed by atoms with E-state index < -0.39 is 0 Å². The molecule has 0 aliphatic rings. The number of rotatable bonds is 5. The van der Waals surface area contributed by atoms with Crippen molar-refractivity contribution < 1.29 is 13.9 Å². The van der Waals surface area contributed by atoms with Crippen LogP contribution in [0, 0.1) is 0 Å². The van der Waals surface area contributed by atoms with E-state index >= 15 is 0 Å². The minimum atomic E-state index is -0.365. The molecule has 3 aromatic rings. The number of benzene rings is 2. The average Bonchev–Trinajstić information content (AvgIpc) is 2.53. The van der Waals surface area contributed by atoms with Crippen LogP contribution >= 0.6 is 0 Å². The molecule has 3 rings (SSSR count). The first kappa shape index (κ1) is 15.2. The maximum atomic E-state index is 11.3. The summed E-state index contributed by atoms with van der Waals surface area (Å²) in [6.45, 7) is 4.43. The summed E-state index contributed by atoms with van der Waals surface area (Å²) in [6.07, 6.45) is 0.157. The van der Waals surface area contributed by atoms with E-state index in [1.54, 1.807) is 12.1 Å². The molecule has 0 unspecified atom stereocenters. The Kier molecular flexibility index (Phi) is 4.33. The van der Waals surface area contributed by atoms with E-state index in [0.717, 1.165) is 16.7 Å². The van der Waals surface area contributed by atoms with Crippen molar-refractivity contribution in [2.24, 2.45) is 0 Å². The van der Waals surface area contributed by atoms with Gasteiger partial charge in [0, 0.05) is 17.5 Å². The van der Waals surface area contributed by atoms with Gasteiger partial charge in [0.25, 0.3) is 0 Å². The van der Waals surface area contributed by atoms with E-state index in [-0.39, 0.29) is 11.7 Å². The lowest BCUT2D eigenvalue weighted by molar-refractivity contribution is 0.242. The van der Waals surface area contributed by atoms with Crippen LogP contribution in [0.1, 0.15) is 19.4 Å². The molecule has 0 saturated heterocycles. The van der Waals surface area contributed by atoms with Crippen molar-refractivity contribution in [3.63, 3.8) is 0 Å². The van der Waals surface area contributed by atoms with Gasteiger partial charge in [-0.05, 0) is 49.7 Å². The molecule has 0 bridgehead atoms. The lowest BCUT2D eigenvalue weighted by Gasteiger charge is -2.11. The smallest absolute Gasteiger partial charge is 0.336 e. The molecular formula is C19H18O4. The SMILES string of the molecule is CC(C)Oc1ccc(COc2ccc3ccc(=O)oc3c2)cc1. The molecule has 0 N–H and O–H groups in total. The van der Waals surface area contributed by atoms with Gasteiger partial charge in [0.2, 0.25) is 0 Å². The van der Waals surface area contributed by atoms with Gasteiger partial charge < -0.3 is 13.9 Å². The van der Waals surface area contributed by atoms with Gasteiger partial charge in [-0.25, -0.2) is 4.79 Å². The zero-order chi connectivity index (χ0) is 16.2. The number of fused-ring (bicyclic) bond motifs is 1. The zero-order valence-electron chi connectivity index (χ0n) is 13.1. The van der Waals surface area contributed by atoms with Crippen LogP contribution in [-0.2, 0) is 6.61 Å². The molecule has 0 aliphatic carbocycles. The third-order valence-corrected chi connectivity index (χ3v) is 3.30. The van der Waals surface area contributed by atoms with Gasteiger partial charge in [0.1, 0.15) is 23.7 Å².